The molecule has 32 heavy (non-hydrogen) atoms. The Balaban J connectivity index is 1.67. The molecule has 1 amide bonds. The number of hydrogen-bond acceptors (Lipinski definition) is 5. The summed E-state index contributed by atoms with van der Waals surface area (Å²) < 4.78 is 35.5. The van der Waals surface area contributed by atoms with Crippen molar-refractivity contribution in [2.45, 2.75) is 32.5 Å². The zero-order valence-electron chi connectivity index (χ0n) is 17.9. The molecule has 0 aliphatic carbocycles. The second-order valence-corrected chi connectivity index (χ2v) is 8.07. The van der Waals surface area contributed by atoms with Crippen molar-refractivity contribution in [2.24, 2.45) is 7.05 Å². The van der Waals surface area contributed by atoms with Gasteiger partial charge in [0.15, 0.2) is 0 Å². The summed E-state index contributed by atoms with van der Waals surface area (Å²) in [6, 6.07) is 5.16. The highest BCUT2D eigenvalue weighted by molar-refractivity contribution is 5.93. The number of halogens is 2. The minimum absolute atomic E-state index is 0.0426. The number of pyridine rings is 1. The van der Waals surface area contributed by atoms with Crippen molar-refractivity contribution in [3.63, 3.8) is 0 Å². The van der Waals surface area contributed by atoms with Crippen LogP contribution in [0.3, 0.4) is 0 Å². The number of nitrogens with zero attached hydrogens (tertiary/aromatic N) is 4. The number of aryl methyl sites for hydroxylation is 2. The molecule has 166 valence electrons. The first-order valence-electron chi connectivity index (χ1n) is 10.5. The van der Waals surface area contributed by atoms with Crippen LogP contribution in [0.1, 0.15) is 45.6 Å². The molecule has 3 aromatic rings. The lowest BCUT2D eigenvalue weighted by molar-refractivity contribution is 0.0958. The van der Waals surface area contributed by atoms with E-state index in [1.807, 2.05) is 11.0 Å². The summed E-state index contributed by atoms with van der Waals surface area (Å²) in [5, 5.41) is 6.75. The fourth-order valence-electron chi connectivity index (χ4n) is 4.49. The minimum atomic E-state index is -2.64. The largest absolute Gasteiger partial charge is 0.372 e. The number of rotatable bonds is 4. The van der Waals surface area contributed by atoms with E-state index in [4.69, 9.17) is 4.74 Å². The number of fused-ring (bicyclic) bond motifs is 2. The molecule has 0 spiro atoms. The van der Waals surface area contributed by atoms with Crippen LogP contribution >= 0.6 is 0 Å². The standard InChI is InChI=1S/C23H23F2N5O2/c1-26-23(31)19-7-14-11-32-12-18(14)22(28-19)30-5-3-4-13-6-16(15-9-27-29(2)10-15)17(21(24)25)8-20(13)30/h6-10,21H,3-5,11-12H2,1-2H3,(H,26,31). The first-order chi connectivity index (χ1) is 15.5. The van der Waals surface area contributed by atoms with Crippen LogP contribution in [0, 0.1) is 0 Å². The predicted octanol–water partition coefficient (Wildman–Crippen LogP) is 3.89. The molecule has 2 aliphatic heterocycles. The van der Waals surface area contributed by atoms with E-state index in [2.05, 4.69) is 15.4 Å². The zero-order valence-corrected chi connectivity index (χ0v) is 17.9. The van der Waals surface area contributed by atoms with Crippen molar-refractivity contribution < 1.29 is 18.3 Å². The van der Waals surface area contributed by atoms with Gasteiger partial charge in [-0.05, 0) is 47.7 Å². The summed E-state index contributed by atoms with van der Waals surface area (Å²) in [6.07, 6.45) is 2.32. The van der Waals surface area contributed by atoms with E-state index < -0.39 is 6.43 Å². The van der Waals surface area contributed by atoms with E-state index in [1.165, 1.54) is 0 Å². The first-order valence-corrected chi connectivity index (χ1v) is 10.5. The van der Waals surface area contributed by atoms with Gasteiger partial charge in [-0.2, -0.15) is 5.10 Å². The average molecular weight is 439 g/mol. The number of hydrogen-bond donors (Lipinski definition) is 1. The van der Waals surface area contributed by atoms with Gasteiger partial charge in [0.25, 0.3) is 12.3 Å². The monoisotopic (exact) mass is 439 g/mol. The fraction of sp³-hybridized carbons (Fsp3) is 0.348. The summed E-state index contributed by atoms with van der Waals surface area (Å²) in [5.41, 5.74) is 4.89. The first kappa shape index (κ1) is 20.6. The third-order valence-corrected chi connectivity index (χ3v) is 6.03. The molecule has 1 aromatic carbocycles. The second kappa shape index (κ2) is 7.98. The number of nitrogens with one attached hydrogen (secondary N) is 1. The van der Waals surface area contributed by atoms with E-state index in [0.717, 1.165) is 29.5 Å². The summed E-state index contributed by atoms with van der Waals surface area (Å²) in [5.74, 6) is 0.312. The minimum Gasteiger partial charge on any atom is -0.372 e. The summed E-state index contributed by atoms with van der Waals surface area (Å²) >= 11 is 0. The molecule has 0 fully saturated rings. The van der Waals surface area contributed by atoms with Gasteiger partial charge in [0.2, 0.25) is 0 Å². The third kappa shape index (κ3) is 3.42. The number of carbonyl (C=O) groups excluding carboxylic acids is 1. The molecule has 0 saturated heterocycles. The van der Waals surface area contributed by atoms with E-state index in [9.17, 15) is 13.6 Å². The van der Waals surface area contributed by atoms with Crippen LogP contribution in [-0.4, -0.2) is 34.3 Å². The Kier molecular flexibility index (Phi) is 5.13. The van der Waals surface area contributed by atoms with Crippen LogP contribution in [0.15, 0.2) is 30.6 Å². The number of carbonyl (C=O) groups is 1. The molecule has 0 unspecified atom stereocenters. The Morgan fingerprint density at radius 2 is 2.06 bits per heavy atom. The molecule has 1 N–H and O–H groups in total. The maximum atomic E-state index is 14.1. The number of anilines is 2. The Hall–Kier alpha value is -3.33. The molecule has 9 heteroatoms. The van der Waals surface area contributed by atoms with Crippen LogP contribution in [0.4, 0.5) is 20.3 Å². The van der Waals surface area contributed by atoms with Gasteiger partial charge in [-0.1, -0.05) is 0 Å². The van der Waals surface area contributed by atoms with Crippen molar-refractivity contribution in [1.29, 1.82) is 0 Å². The molecule has 0 bridgehead atoms. The van der Waals surface area contributed by atoms with Gasteiger partial charge >= 0.3 is 0 Å². The highest BCUT2D eigenvalue weighted by Crippen LogP contribution is 2.42. The number of aromatic nitrogens is 3. The lowest BCUT2D eigenvalue weighted by Gasteiger charge is -2.33. The lowest BCUT2D eigenvalue weighted by Crippen LogP contribution is -2.28. The summed E-state index contributed by atoms with van der Waals surface area (Å²) in [7, 11) is 3.32. The smallest absolute Gasteiger partial charge is 0.269 e. The average Bonchev–Trinajstić information content (AvgIpc) is 3.45. The fourth-order valence-corrected chi connectivity index (χ4v) is 4.49. The molecule has 2 aromatic heterocycles. The lowest BCUT2D eigenvalue weighted by atomic mass is 9.92. The van der Waals surface area contributed by atoms with Crippen molar-refractivity contribution in [3.05, 3.63) is 58.5 Å². The van der Waals surface area contributed by atoms with Crippen LogP contribution in [0.5, 0.6) is 0 Å². The molecule has 0 radical (unpaired) electrons. The van der Waals surface area contributed by atoms with Crippen molar-refractivity contribution in [1.82, 2.24) is 20.1 Å². The Bertz CT molecular complexity index is 1210. The maximum Gasteiger partial charge on any atom is 0.269 e. The van der Waals surface area contributed by atoms with Gasteiger partial charge in [0, 0.05) is 49.2 Å². The molecule has 0 saturated carbocycles. The Morgan fingerprint density at radius 1 is 1.22 bits per heavy atom. The molecular formula is C23H23F2N5O2. The predicted molar refractivity (Wildman–Crippen MR) is 115 cm³/mol. The Morgan fingerprint density at radius 3 is 2.78 bits per heavy atom. The SMILES string of the molecule is CNC(=O)c1cc2c(c(N3CCCc4cc(-c5cnn(C)c5)c(C(F)F)cc43)n1)COC2. The van der Waals surface area contributed by atoms with Gasteiger partial charge in [-0.3, -0.25) is 9.48 Å². The third-order valence-electron chi connectivity index (χ3n) is 6.03. The highest BCUT2D eigenvalue weighted by atomic mass is 19.3. The maximum absolute atomic E-state index is 14.1. The highest BCUT2D eigenvalue weighted by Gasteiger charge is 2.29. The van der Waals surface area contributed by atoms with Crippen LogP contribution in [0.2, 0.25) is 0 Å². The number of benzene rings is 1. The van der Waals surface area contributed by atoms with Crippen molar-refractivity contribution >= 4 is 17.4 Å². The van der Waals surface area contributed by atoms with Crippen molar-refractivity contribution in [2.75, 3.05) is 18.5 Å². The van der Waals surface area contributed by atoms with Gasteiger partial charge < -0.3 is 15.0 Å². The van der Waals surface area contributed by atoms with Gasteiger partial charge in [-0.25, -0.2) is 13.8 Å². The van der Waals surface area contributed by atoms with Gasteiger partial charge in [-0.15, -0.1) is 0 Å². The van der Waals surface area contributed by atoms with Gasteiger partial charge in [0.1, 0.15) is 11.5 Å². The Labute approximate surface area is 184 Å². The van der Waals surface area contributed by atoms with E-state index >= 15 is 0 Å². The molecular weight excluding hydrogens is 416 g/mol. The van der Waals surface area contributed by atoms with E-state index in [1.54, 1.807) is 43.3 Å². The number of amides is 1. The molecule has 5 rings (SSSR count). The van der Waals surface area contributed by atoms with Crippen LogP contribution in [-0.2, 0) is 31.4 Å². The van der Waals surface area contributed by atoms with Crippen LogP contribution < -0.4 is 10.2 Å². The molecule has 0 atom stereocenters. The number of ether oxygens (including phenoxy) is 1. The summed E-state index contributed by atoms with van der Waals surface area (Å²) in [4.78, 5) is 18.9. The normalized spacial score (nSPS) is 15.1. The quantitative estimate of drug-likeness (QED) is 0.668. The van der Waals surface area contributed by atoms with E-state index in [-0.39, 0.29) is 11.5 Å². The van der Waals surface area contributed by atoms with Crippen LogP contribution in [0.25, 0.3) is 11.1 Å². The molecule has 7 nitrogen and oxygen atoms in total. The summed E-state index contributed by atoms with van der Waals surface area (Å²) in [6.45, 7) is 1.41. The number of alkyl halides is 2. The second-order valence-electron chi connectivity index (χ2n) is 8.07. The van der Waals surface area contributed by atoms with Crippen molar-refractivity contribution in [3.8, 4) is 11.1 Å². The molecule has 2 aliphatic rings. The molecule has 4 heterocycles. The van der Waals surface area contributed by atoms with Gasteiger partial charge in [0.05, 0.1) is 19.4 Å². The topological polar surface area (TPSA) is 72.3 Å². The van der Waals surface area contributed by atoms with E-state index in [0.29, 0.717) is 48.1 Å². The zero-order chi connectivity index (χ0) is 22.4.